The SMILES string of the molecule is Cc1cc(C(N)C2CCC(C)C(C)C2)n(C)n1. The lowest BCUT2D eigenvalue weighted by Gasteiger charge is -2.35. The maximum atomic E-state index is 6.43. The Bertz CT molecular complexity index is 383. The molecule has 0 aliphatic heterocycles. The van der Waals surface area contributed by atoms with Crippen LogP contribution in [0.2, 0.25) is 0 Å². The van der Waals surface area contributed by atoms with Gasteiger partial charge < -0.3 is 5.73 Å². The van der Waals surface area contributed by atoms with Gasteiger partial charge in [-0.1, -0.05) is 20.3 Å². The number of rotatable bonds is 2. The molecule has 0 bridgehead atoms. The molecule has 4 atom stereocenters. The van der Waals surface area contributed by atoms with Crippen molar-refractivity contribution in [2.24, 2.45) is 30.5 Å². The lowest BCUT2D eigenvalue weighted by atomic mass is 9.73. The highest BCUT2D eigenvalue weighted by atomic mass is 15.3. The minimum atomic E-state index is 0.149. The predicted molar refractivity (Wildman–Crippen MR) is 70.5 cm³/mol. The van der Waals surface area contributed by atoms with Crippen LogP contribution < -0.4 is 5.73 Å². The molecule has 1 fully saturated rings. The van der Waals surface area contributed by atoms with Crippen LogP contribution >= 0.6 is 0 Å². The number of hydrogen-bond acceptors (Lipinski definition) is 2. The van der Waals surface area contributed by atoms with Gasteiger partial charge in [0.25, 0.3) is 0 Å². The third-order valence-electron chi connectivity index (χ3n) is 4.53. The second-order valence-electron chi connectivity index (χ2n) is 5.89. The molecule has 0 aromatic carbocycles. The number of hydrogen-bond donors (Lipinski definition) is 1. The average Bonchev–Trinajstić information content (AvgIpc) is 2.61. The van der Waals surface area contributed by atoms with Crippen LogP contribution in [0.3, 0.4) is 0 Å². The summed E-state index contributed by atoms with van der Waals surface area (Å²) in [5.41, 5.74) is 8.68. The van der Waals surface area contributed by atoms with Crippen LogP contribution in [0, 0.1) is 24.7 Å². The highest BCUT2D eigenvalue weighted by molar-refractivity contribution is 5.13. The number of nitrogens with two attached hydrogens (primary N) is 1. The topological polar surface area (TPSA) is 43.8 Å². The molecule has 1 aromatic heterocycles. The van der Waals surface area contributed by atoms with E-state index in [4.69, 9.17) is 5.73 Å². The molecule has 1 heterocycles. The largest absolute Gasteiger partial charge is 0.322 e. The molecule has 3 heteroatoms. The van der Waals surface area contributed by atoms with E-state index < -0.39 is 0 Å². The van der Waals surface area contributed by atoms with Crippen LogP contribution in [0.1, 0.15) is 50.5 Å². The smallest absolute Gasteiger partial charge is 0.0597 e. The average molecular weight is 235 g/mol. The van der Waals surface area contributed by atoms with Crippen molar-refractivity contribution in [3.05, 3.63) is 17.5 Å². The van der Waals surface area contributed by atoms with Crippen molar-refractivity contribution in [1.82, 2.24) is 9.78 Å². The van der Waals surface area contributed by atoms with Crippen molar-refractivity contribution >= 4 is 0 Å². The van der Waals surface area contributed by atoms with Crippen LogP contribution in [-0.2, 0) is 7.05 Å². The first kappa shape index (κ1) is 12.6. The van der Waals surface area contributed by atoms with Crippen molar-refractivity contribution in [2.75, 3.05) is 0 Å². The lowest BCUT2D eigenvalue weighted by Crippen LogP contribution is -2.30. The third kappa shape index (κ3) is 2.54. The molecular weight excluding hydrogens is 210 g/mol. The molecule has 0 amide bonds. The van der Waals surface area contributed by atoms with Gasteiger partial charge in [-0.2, -0.15) is 5.10 Å². The van der Waals surface area contributed by atoms with E-state index in [0.29, 0.717) is 5.92 Å². The van der Waals surface area contributed by atoms with Gasteiger partial charge >= 0.3 is 0 Å². The fraction of sp³-hybridized carbons (Fsp3) is 0.786. The van der Waals surface area contributed by atoms with Gasteiger partial charge in [-0.3, -0.25) is 4.68 Å². The molecule has 96 valence electrons. The number of aryl methyl sites for hydroxylation is 2. The Morgan fingerprint density at radius 2 is 2.06 bits per heavy atom. The van der Waals surface area contributed by atoms with E-state index in [9.17, 15) is 0 Å². The van der Waals surface area contributed by atoms with Crippen molar-refractivity contribution < 1.29 is 0 Å². The third-order valence-corrected chi connectivity index (χ3v) is 4.53. The quantitative estimate of drug-likeness (QED) is 0.856. The number of nitrogens with zero attached hydrogens (tertiary/aromatic N) is 2. The van der Waals surface area contributed by atoms with Crippen LogP contribution in [0.25, 0.3) is 0 Å². The highest BCUT2D eigenvalue weighted by Gasteiger charge is 2.30. The zero-order valence-corrected chi connectivity index (χ0v) is 11.5. The van der Waals surface area contributed by atoms with Crippen molar-refractivity contribution in [3.8, 4) is 0 Å². The summed E-state index contributed by atoms with van der Waals surface area (Å²) in [6.45, 7) is 6.75. The van der Waals surface area contributed by atoms with E-state index in [0.717, 1.165) is 17.5 Å². The number of aromatic nitrogens is 2. The second kappa shape index (κ2) is 4.81. The molecule has 17 heavy (non-hydrogen) atoms. The van der Waals surface area contributed by atoms with Gasteiger partial charge in [0.15, 0.2) is 0 Å². The molecule has 1 aliphatic rings. The summed E-state index contributed by atoms with van der Waals surface area (Å²) in [6, 6.07) is 2.28. The van der Waals surface area contributed by atoms with Crippen molar-refractivity contribution in [1.29, 1.82) is 0 Å². The van der Waals surface area contributed by atoms with Crippen LogP contribution in [-0.4, -0.2) is 9.78 Å². The van der Waals surface area contributed by atoms with Gasteiger partial charge in [-0.05, 0) is 43.6 Å². The van der Waals surface area contributed by atoms with E-state index in [1.165, 1.54) is 25.0 Å². The summed E-state index contributed by atoms with van der Waals surface area (Å²) in [5.74, 6) is 2.27. The predicted octanol–water partition coefficient (Wildman–Crippen LogP) is 2.80. The Kier molecular flexibility index (Phi) is 3.57. The Hall–Kier alpha value is -0.830. The molecule has 0 radical (unpaired) electrons. The summed E-state index contributed by atoms with van der Waals surface area (Å²) in [7, 11) is 2.00. The fourth-order valence-electron chi connectivity index (χ4n) is 3.10. The molecule has 1 aliphatic carbocycles. The first-order chi connectivity index (χ1) is 7.99. The van der Waals surface area contributed by atoms with Gasteiger partial charge in [0.05, 0.1) is 11.4 Å². The Morgan fingerprint density at radius 3 is 2.59 bits per heavy atom. The molecule has 3 nitrogen and oxygen atoms in total. The lowest BCUT2D eigenvalue weighted by molar-refractivity contribution is 0.183. The highest BCUT2D eigenvalue weighted by Crippen LogP contribution is 2.38. The van der Waals surface area contributed by atoms with E-state index in [1.54, 1.807) is 0 Å². The van der Waals surface area contributed by atoms with Crippen molar-refractivity contribution in [3.63, 3.8) is 0 Å². The summed E-state index contributed by atoms with van der Waals surface area (Å²) in [5, 5.41) is 4.40. The monoisotopic (exact) mass is 235 g/mol. The summed E-state index contributed by atoms with van der Waals surface area (Å²) in [4.78, 5) is 0. The standard InChI is InChI=1S/C14H25N3/c1-9-5-6-12(7-10(9)2)14(15)13-8-11(3)16-17(13)4/h8-10,12,14H,5-7,15H2,1-4H3. The van der Waals surface area contributed by atoms with Crippen LogP contribution in [0.15, 0.2) is 6.07 Å². The van der Waals surface area contributed by atoms with Gasteiger partial charge in [0, 0.05) is 13.1 Å². The van der Waals surface area contributed by atoms with E-state index in [2.05, 4.69) is 25.0 Å². The molecule has 0 spiro atoms. The first-order valence-corrected chi connectivity index (χ1v) is 6.75. The summed E-state index contributed by atoms with van der Waals surface area (Å²) < 4.78 is 1.95. The minimum absolute atomic E-state index is 0.149. The van der Waals surface area contributed by atoms with Gasteiger partial charge in [-0.25, -0.2) is 0 Å². The summed E-state index contributed by atoms with van der Waals surface area (Å²) in [6.07, 6.45) is 3.83. The molecule has 2 N–H and O–H groups in total. The maximum absolute atomic E-state index is 6.43. The van der Waals surface area contributed by atoms with Crippen molar-refractivity contribution in [2.45, 2.75) is 46.1 Å². The Balaban J connectivity index is 2.10. The molecular formula is C14H25N3. The molecule has 4 unspecified atom stereocenters. The molecule has 2 rings (SSSR count). The molecule has 1 saturated carbocycles. The van der Waals surface area contributed by atoms with E-state index in [-0.39, 0.29) is 6.04 Å². The first-order valence-electron chi connectivity index (χ1n) is 6.75. The van der Waals surface area contributed by atoms with Gasteiger partial charge in [0.2, 0.25) is 0 Å². The molecule has 0 saturated heterocycles. The maximum Gasteiger partial charge on any atom is 0.0597 e. The normalized spacial score (nSPS) is 31.5. The Morgan fingerprint density at radius 1 is 1.35 bits per heavy atom. The van der Waals surface area contributed by atoms with E-state index in [1.807, 2.05) is 18.7 Å². The Labute approximate surface area is 104 Å². The minimum Gasteiger partial charge on any atom is -0.322 e. The van der Waals surface area contributed by atoms with Gasteiger partial charge in [0.1, 0.15) is 0 Å². The van der Waals surface area contributed by atoms with Crippen LogP contribution in [0.5, 0.6) is 0 Å². The zero-order valence-electron chi connectivity index (χ0n) is 11.5. The van der Waals surface area contributed by atoms with Gasteiger partial charge in [-0.15, -0.1) is 0 Å². The van der Waals surface area contributed by atoms with E-state index >= 15 is 0 Å². The summed E-state index contributed by atoms with van der Waals surface area (Å²) >= 11 is 0. The zero-order chi connectivity index (χ0) is 12.6. The fourth-order valence-corrected chi connectivity index (χ4v) is 3.10. The second-order valence-corrected chi connectivity index (χ2v) is 5.89. The molecule has 1 aromatic rings. The van der Waals surface area contributed by atoms with Crippen LogP contribution in [0.4, 0.5) is 0 Å².